The monoisotopic (exact) mass is 395 g/mol. The van der Waals surface area contributed by atoms with Gasteiger partial charge in [-0.2, -0.15) is 5.10 Å². The first-order valence-electron chi connectivity index (χ1n) is 10.0. The summed E-state index contributed by atoms with van der Waals surface area (Å²) in [4.78, 5) is 15.4. The van der Waals surface area contributed by atoms with Crippen LogP contribution in [0.2, 0.25) is 5.02 Å². The van der Waals surface area contributed by atoms with Crippen LogP contribution in [0.3, 0.4) is 0 Å². The van der Waals surface area contributed by atoms with Crippen LogP contribution in [0.4, 0.5) is 0 Å². The number of likely N-dealkylation sites (tertiary alicyclic amines) is 1. The number of carbonyl (C=O) groups excluding carboxylic acids is 1. The molecule has 1 amide bonds. The molecule has 0 bridgehead atoms. The Morgan fingerprint density at radius 2 is 1.86 bits per heavy atom. The van der Waals surface area contributed by atoms with Crippen LogP contribution in [0.1, 0.15) is 48.4 Å². The number of nitrogens with zero attached hydrogens (tertiary/aromatic N) is 3. The van der Waals surface area contributed by atoms with Gasteiger partial charge in [0.25, 0.3) is 5.91 Å². The molecule has 0 N–H and O–H groups in total. The number of benzene rings is 2. The van der Waals surface area contributed by atoms with Crippen LogP contribution in [0, 0.1) is 6.92 Å². The number of aryl methyl sites for hydroxylation is 1. The van der Waals surface area contributed by atoms with E-state index >= 15 is 0 Å². The maximum atomic E-state index is 13.2. The van der Waals surface area contributed by atoms with Gasteiger partial charge in [-0.1, -0.05) is 60.0 Å². The summed E-state index contributed by atoms with van der Waals surface area (Å²) in [5.74, 6) is 0.0736. The molecule has 0 aliphatic carbocycles. The van der Waals surface area contributed by atoms with Crippen molar-refractivity contribution >= 4 is 23.2 Å². The zero-order valence-electron chi connectivity index (χ0n) is 16.3. The quantitative estimate of drug-likeness (QED) is 0.744. The summed E-state index contributed by atoms with van der Waals surface area (Å²) in [6, 6.07) is 16.0. The SMILES string of the molecule is Cc1cccc(C2=NN(C(=O)CN3CCCCC3)[C@H](c3ccc(Cl)cc3)C2)c1. The van der Waals surface area contributed by atoms with E-state index in [1.807, 2.05) is 30.3 Å². The molecular formula is C23H26ClN3O. The van der Waals surface area contributed by atoms with Crippen molar-refractivity contribution in [3.8, 4) is 0 Å². The summed E-state index contributed by atoms with van der Waals surface area (Å²) >= 11 is 6.07. The van der Waals surface area contributed by atoms with Gasteiger partial charge in [0, 0.05) is 11.4 Å². The molecule has 1 saturated heterocycles. The first kappa shape index (κ1) is 19.2. The van der Waals surface area contributed by atoms with E-state index in [1.165, 1.54) is 24.8 Å². The molecular weight excluding hydrogens is 370 g/mol. The third-order valence-corrected chi connectivity index (χ3v) is 5.83. The van der Waals surface area contributed by atoms with Gasteiger partial charge in [0.05, 0.1) is 18.3 Å². The third-order valence-electron chi connectivity index (χ3n) is 5.58. The van der Waals surface area contributed by atoms with E-state index in [1.54, 1.807) is 5.01 Å². The van der Waals surface area contributed by atoms with Crippen molar-refractivity contribution in [2.75, 3.05) is 19.6 Å². The molecule has 0 unspecified atom stereocenters. The Bertz CT molecular complexity index is 872. The van der Waals surface area contributed by atoms with Gasteiger partial charge in [-0.25, -0.2) is 5.01 Å². The Morgan fingerprint density at radius 3 is 2.57 bits per heavy atom. The summed E-state index contributed by atoms with van der Waals surface area (Å²) in [6.07, 6.45) is 4.33. The molecule has 0 spiro atoms. The van der Waals surface area contributed by atoms with Crippen molar-refractivity contribution in [2.45, 2.75) is 38.6 Å². The summed E-state index contributed by atoms with van der Waals surface area (Å²) in [6.45, 7) is 4.52. The highest BCUT2D eigenvalue weighted by molar-refractivity contribution is 6.30. The van der Waals surface area contributed by atoms with Crippen molar-refractivity contribution in [2.24, 2.45) is 5.10 Å². The normalized spacial score (nSPS) is 20.3. The Labute approximate surface area is 171 Å². The predicted octanol–water partition coefficient (Wildman–Crippen LogP) is 4.81. The molecule has 4 rings (SSSR count). The van der Waals surface area contributed by atoms with Crippen LogP contribution in [0.5, 0.6) is 0 Å². The Kier molecular flexibility index (Phi) is 5.79. The van der Waals surface area contributed by atoms with Gasteiger partial charge in [-0.05, 0) is 56.1 Å². The van der Waals surface area contributed by atoms with Crippen LogP contribution < -0.4 is 0 Å². The molecule has 0 radical (unpaired) electrons. The number of hydrogen-bond acceptors (Lipinski definition) is 3. The van der Waals surface area contributed by atoms with E-state index in [9.17, 15) is 4.79 Å². The van der Waals surface area contributed by atoms with Gasteiger partial charge < -0.3 is 0 Å². The molecule has 2 aliphatic rings. The van der Waals surface area contributed by atoms with Gasteiger partial charge >= 0.3 is 0 Å². The highest BCUT2D eigenvalue weighted by atomic mass is 35.5. The molecule has 2 aromatic rings. The summed E-state index contributed by atoms with van der Waals surface area (Å²) < 4.78 is 0. The number of rotatable bonds is 4. The van der Waals surface area contributed by atoms with Crippen molar-refractivity contribution in [3.63, 3.8) is 0 Å². The Morgan fingerprint density at radius 1 is 1.11 bits per heavy atom. The smallest absolute Gasteiger partial charge is 0.257 e. The highest BCUT2D eigenvalue weighted by Crippen LogP contribution is 2.33. The van der Waals surface area contributed by atoms with E-state index in [2.05, 4.69) is 30.0 Å². The van der Waals surface area contributed by atoms with E-state index < -0.39 is 0 Å². The maximum absolute atomic E-state index is 13.2. The maximum Gasteiger partial charge on any atom is 0.257 e. The Hall–Kier alpha value is -2.17. The van der Waals surface area contributed by atoms with Gasteiger partial charge in [-0.15, -0.1) is 0 Å². The van der Waals surface area contributed by atoms with Crippen molar-refractivity contribution in [1.29, 1.82) is 0 Å². The van der Waals surface area contributed by atoms with Crippen LogP contribution in [0.25, 0.3) is 0 Å². The second kappa shape index (κ2) is 8.46. The second-order valence-corrected chi connectivity index (χ2v) is 8.20. The summed E-state index contributed by atoms with van der Waals surface area (Å²) in [7, 11) is 0. The molecule has 1 atom stereocenters. The average Bonchev–Trinajstić information content (AvgIpc) is 3.15. The van der Waals surface area contributed by atoms with Crippen LogP contribution in [-0.2, 0) is 4.79 Å². The first-order chi connectivity index (χ1) is 13.6. The largest absolute Gasteiger partial charge is 0.294 e. The fraction of sp³-hybridized carbons (Fsp3) is 0.391. The molecule has 4 nitrogen and oxygen atoms in total. The lowest BCUT2D eigenvalue weighted by Crippen LogP contribution is -2.40. The lowest BCUT2D eigenvalue weighted by Gasteiger charge is -2.29. The molecule has 2 aromatic carbocycles. The topological polar surface area (TPSA) is 35.9 Å². The number of halogens is 1. The van der Waals surface area contributed by atoms with Crippen LogP contribution in [0.15, 0.2) is 53.6 Å². The standard InChI is InChI=1S/C23H26ClN3O/c1-17-6-5-7-19(14-17)21-15-22(18-8-10-20(24)11-9-18)27(25-21)23(28)16-26-12-3-2-4-13-26/h5-11,14,22H,2-4,12-13,15-16H2,1H3/t22-/m0/s1. The van der Waals surface area contributed by atoms with Gasteiger partial charge in [0.15, 0.2) is 0 Å². The number of hydrogen-bond donors (Lipinski definition) is 0. The van der Waals surface area contributed by atoms with Crippen LogP contribution in [-0.4, -0.2) is 41.2 Å². The average molecular weight is 396 g/mol. The van der Waals surface area contributed by atoms with Crippen LogP contribution >= 0.6 is 11.6 Å². The van der Waals surface area contributed by atoms with E-state index in [4.69, 9.17) is 16.7 Å². The van der Waals surface area contributed by atoms with Crippen molar-refractivity contribution < 1.29 is 4.79 Å². The predicted molar refractivity (Wildman–Crippen MR) is 114 cm³/mol. The fourth-order valence-electron chi connectivity index (χ4n) is 4.07. The zero-order chi connectivity index (χ0) is 19.5. The highest BCUT2D eigenvalue weighted by Gasteiger charge is 2.33. The van der Waals surface area contributed by atoms with E-state index in [0.717, 1.165) is 36.3 Å². The fourth-order valence-corrected chi connectivity index (χ4v) is 4.19. The van der Waals surface area contributed by atoms with Gasteiger partial charge in [0.2, 0.25) is 0 Å². The van der Waals surface area contributed by atoms with Gasteiger partial charge in [-0.3, -0.25) is 9.69 Å². The Balaban J connectivity index is 1.60. The molecule has 0 aromatic heterocycles. The number of carbonyl (C=O) groups is 1. The lowest BCUT2D eigenvalue weighted by molar-refractivity contribution is -0.134. The zero-order valence-corrected chi connectivity index (χ0v) is 17.0. The third kappa shape index (κ3) is 4.29. The van der Waals surface area contributed by atoms with Crippen molar-refractivity contribution in [3.05, 3.63) is 70.2 Å². The first-order valence-corrected chi connectivity index (χ1v) is 10.4. The summed E-state index contributed by atoms with van der Waals surface area (Å²) in [5.41, 5.74) is 4.33. The van der Waals surface area contributed by atoms with E-state index in [0.29, 0.717) is 11.6 Å². The molecule has 1 fully saturated rings. The summed E-state index contributed by atoms with van der Waals surface area (Å²) in [5, 5.41) is 7.19. The molecule has 2 heterocycles. The lowest BCUT2D eigenvalue weighted by atomic mass is 9.97. The molecule has 28 heavy (non-hydrogen) atoms. The molecule has 0 saturated carbocycles. The molecule has 2 aliphatic heterocycles. The minimum Gasteiger partial charge on any atom is -0.294 e. The van der Waals surface area contributed by atoms with Gasteiger partial charge in [0.1, 0.15) is 0 Å². The second-order valence-electron chi connectivity index (χ2n) is 7.76. The number of hydrazone groups is 1. The number of amides is 1. The van der Waals surface area contributed by atoms with Crippen molar-refractivity contribution in [1.82, 2.24) is 9.91 Å². The minimum atomic E-state index is -0.0786. The molecule has 146 valence electrons. The van der Waals surface area contributed by atoms with E-state index in [-0.39, 0.29) is 11.9 Å². The minimum absolute atomic E-state index is 0.0736. The molecule has 5 heteroatoms. The number of piperidine rings is 1.